The first-order valence-corrected chi connectivity index (χ1v) is 5.41. The number of hydrogen-bond donors (Lipinski definition) is 2. The molecule has 4 amide bonds. The molecular formula is C11H13N5O4. The van der Waals surface area contributed by atoms with Crippen molar-refractivity contribution in [3.05, 3.63) is 29.6 Å². The van der Waals surface area contributed by atoms with Gasteiger partial charge in [-0.25, -0.2) is 21.7 Å². The third kappa shape index (κ3) is 3.22. The summed E-state index contributed by atoms with van der Waals surface area (Å²) < 4.78 is 0. The molecule has 0 aliphatic carbocycles. The fourth-order valence-electron chi connectivity index (χ4n) is 1.23. The Balaban J connectivity index is 3.08. The Labute approximate surface area is 114 Å². The minimum Gasteiger partial charge on any atom is -0.273 e. The van der Waals surface area contributed by atoms with Gasteiger partial charge in [-0.05, 0) is 12.1 Å². The van der Waals surface area contributed by atoms with E-state index >= 15 is 0 Å². The second-order valence-corrected chi connectivity index (χ2v) is 3.82. The highest BCUT2D eigenvalue weighted by atomic mass is 16.2. The summed E-state index contributed by atoms with van der Waals surface area (Å²) in [5.41, 5.74) is -0.247. The third-order valence-electron chi connectivity index (χ3n) is 2.34. The molecule has 106 valence electrons. The van der Waals surface area contributed by atoms with E-state index in [2.05, 4.69) is 4.98 Å². The molecule has 0 aliphatic rings. The number of imide groups is 2. The van der Waals surface area contributed by atoms with Gasteiger partial charge in [0.2, 0.25) is 11.8 Å². The predicted molar refractivity (Wildman–Crippen MR) is 66.3 cm³/mol. The van der Waals surface area contributed by atoms with Crippen molar-refractivity contribution in [1.29, 1.82) is 0 Å². The minimum absolute atomic E-state index is 0.0296. The summed E-state index contributed by atoms with van der Waals surface area (Å²) in [5.74, 6) is 7.48. The van der Waals surface area contributed by atoms with Gasteiger partial charge in [-0.3, -0.25) is 24.2 Å². The molecule has 9 heteroatoms. The lowest BCUT2D eigenvalue weighted by atomic mass is 10.2. The Morgan fingerprint density at radius 1 is 1.00 bits per heavy atom. The molecule has 1 aromatic rings. The highest BCUT2D eigenvalue weighted by Gasteiger charge is 2.21. The number of rotatable bonds is 2. The molecule has 0 radical (unpaired) electrons. The number of pyridine rings is 1. The van der Waals surface area contributed by atoms with E-state index < -0.39 is 23.6 Å². The Hall–Kier alpha value is -2.65. The van der Waals surface area contributed by atoms with Crippen molar-refractivity contribution in [2.75, 3.05) is 0 Å². The number of carbonyl (C=O) groups excluding carboxylic acids is 4. The third-order valence-corrected chi connectivity index (χ3v) is 2.34. The van der Waals surface area contributed by atoms with Crippen LogP contribution in [0.5, 0.6) is 0 Å². The van der Waals surface area contributed by atoms with Crippen molar-refractivity contribution in [1.82, 2.24) is 15.0 Å². The SMILES string of the molecule is CC(=O)N(N)C(=O)c1ccnc(C(=O)N(N)C(C)=O)c1. The molecule has 0 fully saturated rings. The Morgan fingerprint density at radius 2 is 1.50 bits per heavy atom. The van der Waals surface area contributed by atoms with Crippen LogP contribution in [0.15, 0.2) is 18.3 Å². The Kier molecular flexibility index (Phi) is 4.62. The van der Waals surface area contributed by atoms with E-state index in [1.165, 1.54) is 12.3 Å². The number of nitrogens with zero attached hydrogens (tertiary/aromatic N) is 3. The van der Waals surface area contributed by atoms with Crippen LogP contribution in [0.2, 0.25) is 0 Å². The van der Waals surface area contributed by atoms with Crippen LogP contribution in [0.25, 0.3) is 0 Å². The van der Waals surface area contributed by atoms with Gasteiger partial charge in [0, 0.05) is 25.6 Å². The van der Waals surface area contributed by atoms with Crippen LogP contribution in [0.3, 0.4) is 0 Å². The van der Waals surface area contributed by atoms with E-state index in [4.69, 9.17) is 11.7 Å². The average molecular weight is 279 g/mol. The second kappa shape index (κ2) is 5.99. The standard InChI is InChI=1S/C11H13N5O4/c1-6(17)15(12)10(19)8-3-4-14-9(5-8)11(20)16(13)7(2)18/h3-5H,12-13H2,1-2H3. The first kappa shape index (κ1) is 15.4. The van der Waals surface area contributed by atoms with Gasteiger partial charge in [0.25, 0.3) is 11.8 Å². The van der Waals surface area contributed by atoms with Crippen molar-refractivity contribution < 1.29 is 19.2 Å². The van der Waals surface area contributed by atoms with Crippen molar-refractivity contribution in [3.63, 3.8) is 0 Å². The van der Waals surface area contributed by atoms with Gasteiger partial charge in [0.15, 0.2) is 0 Å². The Morgan fingerprint density at radius 3 is 2.00 bits per heavy atom. The summed E-state index contributed by atoms with van der Waals surface area (Å²) in [7, 11) is 0. The fraction of sp³-hybridized carbons (Fsp3) is 0.182. The van der Waals surface area contributed by atoms with E-state index in [9.17, 15) is 19.2 Å². The number of nitrogens with two attached hydrogens (primary N) is 2. The van der Waals surface area contributed by atoms with Crippen LogP contribution in [0.4, 0.5) is 0 Å². The average Bonchev–Trinajstić information content (AvgIpc) is 2.43. The lowest BCUT2D eigenvalue weighted by molar-refractivity contribution is -0.127. The topological polar surface area (TPSA) is 140 Å². The zero-order chi connectivity index (χ0) is 15.4. The normalized spacial score (nSPS) is 9.80. The zero-order valence-electron chi connectivity index (χ0n) is 10.9. The lowest BCUT2D eigenvalue weighted by Gasteiger charge is -2.14. The van der Waals surface area contributed by atoms with Gasteiger partial charge >= 0.3 is 0 Å². The van der Waals surface area contributed by atoms with Crippen LogP contribution < -0.4 is 11.7 Å². The smallest absolute Gasteiger partial charge is 0.273 e. The number of aromatic nitrogens is 1. The van der Waals surface area contributed by atoms with Crippen molar-refractivity contribution in [3.8, 4) is 0 Å². The van der Waals surface area contributed by atoms with Gasteiger partial charge in [0.05, 0.1) is 0 Å². The van der Waals surface area contributed by atoms with Gasteiger partial charge in [-0.2, -0.15) is 0 Å². The van der Waals surface area contributed by atoms with Gasteiger partial charge in [0.1, 0.15) is 5.69 Å². The molecule has 0 bridgehead atoms. The minimum atomic E-state index is -0.876. The fourth-order valence-corrected chi connectivity index (χ4v) is 1.23. The van der Waals surface area contributed by atoms with Crippen molar-refractivity contribution in [2.45, 2.75) is 13.8 Å². The molecule has 1 heterocycles. The van der Waals surface area contributed by atoms with E-state index in [0.29, 0.717) is 10.0 Å². The molecule has 0 saturated heterocycles. The van der Waals surface area contributed by atoms with E-state index in [0.717, 1.165) is 19.9 Å². The Bertz CT molecular complexity index is 539. The quantitative estimate of drug-likeness (QED) is 0.394. The monoisotopic (exact) mass is 279 g/mol. The number of amides is 4. The molecule has 4 N–H and O–H groups in total. The van der Waals surface area contributed by atoms with Gasteiger partial charge in [-0.1, -0.05) is 0 Å². The molecule has 0 aliphatic heterocycles. The highest BCUT2D eigenvalue weighted by molar-refractivity contribution is 6.06. The maximum Gasteiger partial charge on any atom is 0.293 e. The maximum atomic E-state index is 11.8. The van der Waals surface area contributed by atoms with Crippen molar-refractivity contribution >= 4 is 23.6 Å². The van der Waals surface area contributed by atoms with E-state index in [1.807, 2.05) is 0 Å². The molecule has 0 unspecified atom stereocenters. The number of carbonyl (C=O) groups is 4. The number of hydrazine groups is 2. The van der Waals surface area contributed by atoms with E-state index in [-0.39, 0.29) is 11.3 Å². The summed E-state index contributed by atoms with van der Waals surface area (Å²) in [6.07, 6.45) is 1.17. The zero-order valence-corrected chi connectivity index (χ0v) is 10.9. The maximum absolute atomic E-state index is 11.8. The number of hydrogen-bond acceptors (Lipinski definition) is 7. The first-order valence-electron chi connectivity index (χ1n) is 5.41. The van der Waals surface area contributed by atoms with Crippen LogP contribution in [0.1, 0.15) is 34.7 Å². The summed E-state index contributed by atoms with van der Waals surface area (Å²) in [6, 6.07) is 2.37. The summed E-state index contributed by atoms with van der Waals surface area (Å²) >= 11 is 0. The largest absolute Gasteiger partial charge is 0.293 e. The van der Waals surface area contributed by atoms with Gasteiger partial charge in [-0.15, -0.1) is 0 Å². The molecule has 20 heavy (non-hydrogen) atoms. The van der Waals surface area contributed by atoms with Crippen LogP contribution in [-0.2, 0) is 9.59 Å². The molecular weight excluding hydrogens is 266 g/mol. The van der Waals surface area contributed by atoms with Crippen molar-refractivity contribution in [2.24, 2.45) is 11.7 Å². The lowest BCUT2D eigenvalue weighted by Crippen LogP contribution is -2.42. The van der Waals surface area contributed by atoms with Gasteiger partial charge < -0.3 is 0 Å². The van der Waals surface area contributed by atoms with Crippen LogP contribution >= 0.6 is 0 Å². The summed E-state index contributed by atoms with van der Waals surface area (Å²) in [6.45, 7) is 2.22. The second-order valence-electron chi connectivity index (χ2n) is 3.82. The predicted octanol–water partition coefficient (Wildman–Crippen LogP) is -1.19. The molecule has 0 saturated carbocycles. The van der Waals surface area contributed by atoms with E-state index in [1.54, 1.807) is 0 Å². The summed E-state index contributed by atoms with van der Waals surface area (Å²) in [4.78, 5) is 49.2. The molecule has 9 nitrogen and oxygen atoms in total. The summed E-state index contributed by atoms with van der Waals surface area (Å²) in [5, 5.41) is 0.760. The molecule has 0 spiro atoms. The van der Waals surface area contributed by atoms with Crippen LogP contribution in [-0.4, -0.2) is 38.6 Å². The first-order chi connectivity index (χ1) is 9.25. The highest BCUT2D eigenvalue weighted by Crippen LogP contribution is 2.06. The molecule has 1 rings (SSSR count). The molecule has 1 aromatic heterocycles. The van der Waals surface area contributed by atoms with Crippen LogP contribution in [0, 0.1) is 0 Å². The molecule has 0 atom stereocenters. The molecule has 0 aromatic carbocycles.